The van der Waals surface area contributed by atoms with Crippen LogP contribution in [0.2, 0.25) is 0 Å². The highest BCUT2D eigenvalue weighted by molar-refractivity contribution is 5.24. The molecule has 0 aromatic heterocycles. The van der Waals surface area contributed by atoms with Crippen molar-refractivity contribution in [3.05, 3.63) is 23.8 Å². The first-order valence-corrected chi connectivity index (χ1v) is 7.99. The van der Waals surface area contributed by atoms with E-state index < -0.39 is 0 Å². The summed E-state index contributed by atoms with van der Waals surface area (Å²) in [5, 5.41) is 9.20. The summed E-state index contributed by atoms with van der Waals surface area (Å²) in [5.74, 6) is 1.09. The van der Waals surface area contributed by atoms with E-state index in [9.17, 15) is 5.26 Å². The molecule has 2 aliphatic rings. The Hall–Kier alpha value is -1.03. The molecular formula is C18H27N. The summed E-state index contributed by atoms with van der Waals surface area (Å²) < 4.78 is 0. The Morgan fingerprint density at radius 3 is 2.63 bits per heavy atom. The van der Waals surface area contributed by atoms with Crippen LogP contribution in [0, 0.1) is 28.6 Å². The molecule has 1 heteroatoms. The number of hydrogen-bond acceptors (Lipinski definition) is 1. The Bertz CT molecular complexity index is 390. The highest BCUT2D eigenvalue weighted by Gasteiger charge is 2.36. The lowest BCUT2D eigenvalue weighted by Crippen LogP contribution is -2.32. The molecule has 1 saturated carbocycles. The normalized spacial score (nSPS) is 35.3. The lowest BCUT2D eigenvalue weighted by molar-refractivity contribution is 0.112. The Kier molecular flexibility index (Phi) is 4.86. The Labute approximate surface area is 118 Å². The molecule has 2 unspecified atom stereocenters. The van der Waals surface area contributed by atoms with Crippen molar-refractivity contribution in [2.75, 3.05) is 0 Å². The van der Waals surface area contributed by atoms with E-state index in [1.807, 2.05) is 0 Å². The smallest absolute Gasteiger partial charge is 0.0943 e. The van der Waals surface area contributed by atoms with Gasteiger partial charge in [-0.05, 0) is 49.4 Å². The van der Waals surface area contributed by atoms with Crippen LogP contribution >= 0.6 is 0 Å². The fourth-order valence-corrected chi connectivity index (χ4v) is 4.02. The van der Waals surface area contributed by atoms with Crippen LogP contribution in [0.25, 0.3) is 0 Å². The molecule has 19 heavy (non-hydrogen) atoms. The molecule has 0 amide bonds. The maximum atomic E-state index is 9.20. The van der Waals surface area contributed by atoms with Gasteiger partial charge in [0.25, 0.3) is 0 Å². The fourth-order valence-electron chi connectivity index (χ4n) is 4.02. The summed E-state index contributed by atoms with van der Waals surface area (Å²) in [6, 6.07) is 2.38. The van der Waals surface area contributed by atoms with Crippen molar-refractivity contribution < 1.29 is 0 Å². The van der Waals surface area contributed by atoms with Gasteiger partial charge in [-0.1, -0.05) is 51.3 Å². The summed E-state index contributed by atoms with van der Waals surface area (Å²) in [4.78, 5) is 0. The molecule has 0 aromatic rings. The second-order valence-corrected chi connectivity index (χ2v) is 6.47. The van der Waals surface area contributed by atoms with Crippen molar-refractivity contribution in [1.82, 2.24) is 0 Å². The van der Waals surface area contributed by atoms with Gasteiger partial charge >= 0.3 is 0 Å². The SMILES string of the molecule is CCC1(C2/C=C\C(C)/C=C(/C#N)CC2)CCCCC1. The molecule has 0 heterocycles. The van der Waals surface area contributed by atoms with Crippen LogP contribution in [0.4, 0.5) is 0 Å². The Morgan fingerprint density at radius 2 is 2.00 bits per heavy atom. The van der Waals surface area contributed by atoms with Crippen molar-refractivity contribution in [3.63, 3.8) is 0 Å². The molecule has 0 bridgehead atoms. The van der Waals surface area contributed by atoms with E-state index in [4.69, 9.17) is 0 Å². The quantitative estimate of drug-likeness (QED) is 0.608. The third-order valence-corrected chi connectivity index (χ3v) is 5.32. The van der Waals surface area contributed by atoms with E-state index in [-0.39, 0.29) is 0 Å². The van der Waals surface area contributed by atoms with Gasteiger partial charge in [0.05, 0.1) is 6.07 Å². The van der Waals surface area contributed by atoms with Crippen LogP contribution in [0.1, 0.15) is 65.2 Å². The molecule has 1 fully saturated rings. The predicted molar refractivity (Wildman–Crippen MR) is 80.5 cm³/mol. The van der Waals surface area contributed by atoms with Crippen molar-refractivity contribution in [3.8, 4) is 6.07 Å². The maximum Gasteiger partial charge on any atom is 0.0943 e. The zero-order valence-corrected chi connectivity index (χ0v) is 12.5. The zero-order chi connectivity index (χ0) is 13.7. The van der Waals surface area contributed by atoms with Gasteiger partial charge in [0.15, 0.2) is 0 Å². The standard InChI is InChI=1S/C18H27N/c1-3-18(11-5-4-6-12-18)17-9-7-15(2)13-16(14-19)8-10-17/h7,9,13,15,17H,3-6,8,10-12H2,1-2H3/b9-7-,16-13+. The largest absolute Gasteiger partial charge is 0.193 e. The zero-order valence-electron chi connectivity index (χ0n) is 12.5. The number of nitriles is 1. The molecule has 2 atom stereocenters. The van der Waals surface area contributed by atoms with E-state index in [2.05, 4.69) is 38.1 Å². The van der Waals surface area contributed by atoms with E-state index in [1.54, 1.807) is 0 Å². The minimum Gasteiger partial charge on any atom is -0.193 e. The van der Waals surface area contributed by atoms with Crippen molar-refractivity contribution >= 4 is 0 Å². The number of nitrogens with zero attached hydrogens (tertiary/aromatic N) is 1. The van der Waals surface area contributed by atoms with E-state index in [0.717, 1.165) is 18.4 Å². The van der Waals surface area contributed by atoms with Crippen molar-refractivity contribution in [2.24, 2.45) is 17.3 Å². The lowest BCUT2D eigenvalue weighted by atomic mass is 9.62. The molecule has 0 radical (unpaired) electrons. The van der Waals surface area contributed by atoms with Crippen LogP contribution in [-0.4, -0.2) is 0 Å². The van der Waals surface area contributed by atoms with Crippen LogP contribution in [0.3, 0.4) is 0 Å². The van der Waals surface area contributed by atoms with Gasteiger partial charge in [0, 0.05) is 5.57 Å². The summed E-state index contributed by atoms with van der Waals surface area (Å²) in [6.45, 7) is 4.55. The number of rotatable bonds is 2. The molecule has 2 aliphatic carbocycles. The van der Waals surface area contributed by atoms with Gasteiger partial charge in [0.1, 0.15) is 0 Å². The predicted octanol–water partition coefficient (Wildman–Crippen LogP) is 5.40. The number of allylic oxidation sites excluding steroid dienone is 4. The number of hydrogen-bond donors (Lipinski definition) is 0. The molecule has 0 N–H and O–H groups in total. The molecule has 2 rings (SSSR count). The van der Waals surface area contributed by atoms with Gasteiger partial charge in [-0.2, -0.15) is 5.26 Å². The Morgan fingerprint density at radius 1 is 1.26 bits per heavy atom. The summed E-state index contributed by atoms with van der Waals surface area (Å²) in [6.07, 6.45) is 17.3. The first kappa shape index (κ1) is 14.4. The Balaban J connectivity index is 2.18. The molecular weight excluding hydrogens is 230 g/mol. The topological polar surface area (TPSA) is 23.8 Å². The first-order chi connectivity index (χ1) is 9.20. The van der Waals surface area contributed by atoms with Gasteiger partial charge < -0.3 is 0 Å². The molecule has 0 aliphatic heterocycles. The molecule has 1 nitrogen and oxygen atoms in total. The highest BCUT2D eigenvalue weighted by atomic mass is 14.4. The molecule has 0 aromatic carbocycles. The highest BCUT2D eigenvalue weighted by Crippen LogP contribution is 2.48. The summed E-state index contributed by atoms with van der Waals surface area (Å²) >= 11 is 0. The molecule has 0 saturated heterocycles. The fraction of sp³-hybridized carbons (Fsp3) is 0.722. The van der Waals surface area contributed by atoms with E-state index >= 15 is 0 Å². The third kappa shape index (κ3) is 3.30. The van der Waals surface area contributed by atoms with Gasteiger partial charge in [0.2, 0.25) is 0 Å². The third-order valence-electron chi connectivity index (χ3n) is 5.32. The minimum absolute atomic E-state index is 0.412. The maximum absolute atomic E-state index is 9.20. The van der Waals surface area contributed by atoms with Crippen LogP contribution in [0.15, 0.2) is 23.8 Å². The van der Waals surface area contributed by atoms with Gasteiger partial charge in [-0.15, -0.1) is 0 Å². The second-order valence-electron chi connectivity index (χ2n) is 6.47. The van der Waals surface area contributed by atoms with Crippen molar-refractivity contribution in [2.45, 2.75) is 65.2 Å². The molecule has 104 valence electrons. The van der Waals surface area contributed by atoms with E-state index in [0.29, 0.717) is 17.3 Å². The van der Waals surface area contributed by atoms with Crippen LogP contribution in [-0.2, 0) is 0 Å². The van der Waals surface area contributed by atoms with Crippen molar-refractivity contribution in [1.29, 1.82) is 5.26 Å². The lowest BCUT2D eigenvalue weighted by Gasteiger charge is -2.43. The summed E-state index contributed by atoms with van der Waals surface area (Å²) in [7, 11) is 0. The molecule has 0 spiro atoms. The summed E-state index contributed by atoms with van der Waals surface area (Å²) in [5.41, 5.74) is 1.51. The van der Waals surface area contributed by atoms with Crippen LogP contribution in [0.5, 0.6) is 0 Å². The average Bonchev–Trinajstić information content (AvgIpc) is 2.44. The minimum atomic E-state index is 0.412. The van der Waals surface area contributed by atoms with Crippen LogP contribution < -0.4 is 0 Å². The van der Waals surface area contributed by atoms with E-state index in [1.165, 1.54) is 38.5 Å². The second kappa shape index (κ2) is 6.42. The van der Waals surface area contributed by atoms with Gasteiger partial charge in [-0.3, -0.25) is 0 Å². The van der Waals surface area contributed by atoms with Gasteiger partial charge in [-0.25, -0.2) is 0 Å². The average molecular weight is 257 g/mol. The first-order valence-electron chi connectivity index (χ1n) is 7.99. The monoisotopic (exact) mass is 257 g/mol.